The van der Waals surface area contributed by atoms with E-state index in [4.69, 9.17) is 27.9 Å². The van der Waals surface area contributed by atoms with Crippen LogP contribution in [-0.4, -0.2) is 31.1 Å². The largest absolute Gasteiger partial charge is 0.340 e. The lowest BCUT2D eigenvalue weighted by Crippen LogP contribution is -2.51. The summed E-state index contributed by atoms with van der Waals surface area (Å²) >= 11 is 0. The fourth-order valence-electron chi connectivity index (χ4n) is 3.47. The van der Waals surface area contributed by atoms with E-state index in [0.717, 1.165) is 29.0 Å². The van der Waals surface area contributed by atoms with Gasteiger partial charge in [0.15, 0.2) is 0 Å². The molecular formula is C20H25N7. The second kappa shape index (κ2) is 7.76. The van der Waals surface area contributed by atoms with Gasteiger partial charge in [-0.25, -0.2) is 0 Å². The highest BCUT2D eigenvalue weighted by Crippen LogP contribution is 2.39. The fraction of sp³-hybridized carbons (Fsp3) is 0.300. The van der Waals surface area contributed by atoms with Crippen molar-refractivity contribution in [2.45, 2.75) is 25.7 Å². The molecule has 0 saturated carbocycles. The highest BCUT2D eigenvalue weighted by atomic mass is 15.3. The number of nitrogens with zero attached hydrogens (tertiary/aromatic N) is 3. The van der Waals surface area contributed by atoms with Crippen LogP contribution in [0.1, 0.15) is 24.5 Å². The van der Waals surface area contributed by atoms with Gasteiger partial charge in [-0.2, -0.15) is 5.26 Å². The van der Waals surface area contributed by atoms with Crippen LogP contribution in [0, 0.1) is 16.7 Å². The summed E-state index contributed by atoms with van der Waals surface area (Å²) in [6.45, 7) is 2.78. The molecule has 0 fully saturated rings. The predicted octanol–water partition coefficient (Wildman–Crippen LogP) is 1.82. The highest BCUT2D eigenvalue weighted by Gasteiger charge is 2.28. The first-order valence-corrected chi connectivity index (χ1v) is 8.95. The van der Waals surface area contributed by atoms with Crippen LogP contribution >= 0.6 is 0 Å². The van der Waals surface area contributed by atoms with Gasteiger partial charge < -0.3 is 32.4 Å². The van der Waals surface area contributed by atoms with E-state index in [-0.39, 0.29) is 18.9 Å². The van der Waals surface area contributed by atoms with Crippen LogP contribution in [0.4, 0.5) is 17.1 Å². The van der Waals surface area contributed by atoms with Gasteiger partial charge in [0.2, 0.25) is 0 Å². The normalized spacial score (nSPS) is 17.7. The van der Waals surface area contributed by atoms with Gasteiger partial charge in [0.05, 0.1) is 41.1 Å². The van der Waals surface area contributed by atoms with Crippen LogP contribution < -0.4 is 27.0 Å². The summed E-state index contributed by atoms with van der Waals surface area (Å²) in [6, 6.07) is 15.4. The van der Waals surface area contributed by atoms with Gasteiger partial charge in [-0.15, -0.1) is 0 Å². The maximum atomic E-state index is 9.06. The Balaban J connectivity index is 2.16. The predicted molar refractivity (Wildman–Crippen MR) is 109 cm³/mol. The summed E-state index contributed by atoms with van der Waals surface area (Å²) < 4.78 is 0. The molecule has 140 valence electrons. The summed E-state index contributed by atoms with van der Waals surface area (Å²) in [5.41, 5.74) is 22.9. The summed E-state index contributed by atoms with van der Waals surface area (Å²) in [7, 11) is 0. The number of hydrogen-bond donors (Lipinski definition) is 4. The maximum absolute atomic E-state index is 9.06. The monoisotopic (exact) mass is 363 g/mol. The van der Waals surface area contributed by atoms with Gasteiger partial charge in [-0.3, -0.25) is 0 Å². The first kappa shape index (κ1) is 18.9. The minimum Gasteiger partial charge on any atom is -0.340 e. The molecule has 0 aromatic heterocycles. The van der Waals surface area contributed by atoms with Gasteiger partial charge >= 0.3 is 0 Å². The van der Waals surface area contributed by atoms with E-state index in [0.29, 0.717) is 17.8 Å². The third-order valence-electron chi connectivity index (χ3n) is 4.85. The Bertz CT molecular complexity index is 867. The van der Waals surface area contributed by atoms with Crippen molar-refractivity contribution < 1.29 is 0 Å². The van der Waals surface area contributed by atoms with Crippen LogP contribution in [0.2, 0.25) is 0 Å². The lowest BCUT2D eigenvalue weighted by molar-refractivity contribution is 0.528. The molecule has 0 spiro atoms. The lowest BCUT2D eigenvalue weighted by Gasteiger charge is -2.34. The highest BCUT2D eigenvalue weighted by molar-refractivity contribution is 6.01. The standard InChI is InChI=1S/C20H25N7/c1-13(23)27-18-7-4-15(17(24)12-22)10-19(18)26(9-8-20(27)25)16-5-2-14(11-21)3-6-16/h2-7,10,13,20,24H,8-9,12,22-23,25H2,1H3. The molecule has 27 heavy (non-hydrogen) atoms. The number of rotatable bonds is 4. The quantitative estimate of drug-likeness (QED) is 0.613. The van der Waals surface area contributed by atoms with Gasteiger partial charge in [-0.1, -0.05) is 6.07 Å². The molecule has 1 aliphatic rings. The number of benzene rings is 2. The molecule has 0 saturated heterocycles. The first-order chi connectivity index (χ1) is 13.0. The SMILES string of the molecule is CC(N)N1c2ccc(C(=N)CN)cc2N(c2ccc(C#N)cc2)CCC1N. The molecule has 7 N–H and O–H groups in total. The van der Waals surface area contributed by atoms with E-state index in [1.54, 1.807) is 12.1 Å². The molecule has 0 bridgehead atoms. The smallest absolute Gasteiger partial charge is 0.0991 e. The van der Waals surface area contributed by atoms with Crippen molar-refractivity contribution in [1.82, 2.24) is 0 Å². The molecule has 2 aromatic rings. The van der Waals surface area contributed by atoms with E-state index in [1.807, 2.05) is 42.2 Å². The number of anilines is 3. The van der Waals surface area contributed by atoms with Crippen molar-refractivity contribution in [1.29, 1.82) is 10.7 Å². The van der Waals surface area contributed by atoms with E-state index < -0.39 is 0 Å². The van der Waals surface area contributed by atoms with Crippen LogP contribution in [0.25, 0.3) is 0 Å². The van der Waals surface area contributed by atoms with Crippen LogP contribution in [0.5, 0.6) is 0 Å². The van der Waals surface area contributed by atoms with Gasteiger partial charge in [0.25, 0.3) is 0 Å². The fourth-order valence-corrected chi connectivity index (χ4v) is 3.47. The molecule has 2 aromatic carbocycles. The molecule has 2 unspecified atom stereocenters. The number of nitrogens with one attached hydrogen (secondary N) is 1. The zero-order valence-electron chi connectivity index (χ0n) is 15.4. The zero-order chi connectivity index (χ0) is 19.6. The summed E-state index contributed by atoms with van der Waals surface area (Å²) in [6.07, 6.45) is 0.256. The molecule has 3 rings (SSSR count). The van der Waals surface area contributed by atoms with E-state index in [2.05, 4.69) is 11.0 Å². The number of fused-ring (bicyclic) bond motifs is 1. The van der Waals surface area contributed by atoms with Crippen LogP contribution in [-0.2, 0) is 0 Å². The minimum absolute atomic E-state index is 0.173. The van der Waals surface area contributed by atoms with Crippen molar-refractivity contribution in [3.8, 4) is 6.07 Å². The van der Waals surface area contributed by atoms with Crippen molar-refractivity contribution in [2.24, 2.45) is 17.2 Å². The molecule has 0 amide bonds. The summed E-state index contributed by atoms with van der Waals surface area (Å²) in [5, 5.41) is 17.2. The van der Waals surface area contributed by atoms with Crippen molar-refractivity contribution in [3.05, 3.63) is 53.6 Å². The van der Waals surface area contributed by atoms with Gasteiger partial charge in [0.1, 0.15) is 0 Å². The molecule has 2 atom stereocenters. The van der Waals surface area contributed by atoms with Gasteiger partial charge in [-0.05, 0) is 55.3 Å². The Morgan fingerprint density at radius 1 is 1.26 bits per heavy atom. The van der Waals surface area contributed by atoms with E-state index in [1.165, 1.54) is 0 Å². The van der Waals surface area contributed by atoms with Crippen molar-refractivity contribution >= 4 is 22.8 Å². The summed E-state index contributed by atoms with van der Waals surface area (Å²) in [4.78, 5) is 4.17. The molecular weight excluding hydrogens is 338 g/mol. The maximum Gasteiger partial charge on any atom is 0.0991 e. The zero-order valence-corrected chi connectivity index (χ0v) is 15.4. The van der Waals surface area contributed by atoms with Crippen molar-refractivity contribution in [2.75, 3.05) is 22.9 Å². The van der Waals surface area contributed by atoms with E-state index >= 15 is 0 Å². The Morgan fingerprint density at radius 3 is 2.56 bits per heavy atom. The Morgan fingerprint density at radius 2 is 1.96 bits per heavy atom. The molecule has 0 aliphatic carbocycles. The minimum atomic E-state index is -0.250. The summed E-state index contributed by atoms with van der Waals surface area (Å²) in [5.74, 6) is 0. The molecule has 1 heterocycles. The number of nitriles is 1. The van der Waals surface area contributed by atoms with Gasteiger partial charge in [0, 0.05) is 18.8 Å². The number of nitrogens with two attached hydrogens (primary N) is 3. The topological polar surface area (TPSA) is 132 Å². The third-order valence-corrected chi connectivity index (χ3v) is 4.85. The molecule has 1 aliphatic heterocycles. The second-order valence-electron chi connectivity index (χ2n) is 6.70. The Labute approximate surface area is 159 Å². The van der Waals surface area contributed by atoms with Crippen LogP contribution in [0.15, 0.2) is 42.5 Å². The van der Waals surface area contributed by atoms with E-state index in [9.17, 15) is 0 Å². The molecule has 7 nitrogen and oxygen atoms in total. The first-order valence-electron chi connectivity index (χ1n) is 8.95. The molecule has 0 radical (unpaired) electrons. The van der Waals surface area contributed by atoms with Crippen LogP contribution in [0.3, 0.4) is 0 Å². The molecule has 7 heteroatoms. The number of hydrogen-bond acceptors (Lipinski definition) is 7. The second-order valence-corrected chi connectivity index (χ2v) is 6.70. The Kier molecular flexibility index (Phi) is 5.42. The average molecular weight is 363 g/mol. The lowest BCUT2D eigenvalue weighted by atomic mass is 10.1. The average Bonchev–Trinajstić information content (AvgIpc) is 2.82. The third kappa shape index (κ3) is 3.64. The Hall–Kier alpha value is -2.92. The van der Waals surface area contributed by atoms with Crippen molar-refractivity contribution in [3.63, 3.8) is 0 Å².